The van der Waals surface area contributed by atoms with E-state index in [0.717, 1.165) is 12.1 Å². The van der Waals surface area contributed by atoms with Crippen LogP contribution >= 0.6 is 0 Å². The Kier molecular flexibility index (Phi) is 1.89. The zero-order valence-corrected chi connectivity index (χ0v) is 5.87. The molecule has 0 N–H and O–H groups in total. The Morgan fingerprint density at radius 2 is 1.91 bits per heavy atom. The monoisotopic (exact) mass is 159 g/mol. The van der Waals surface area contributed by atoms with Crippen molar-refractivity contribution in [2.24, 2.45) is 0 Å². The number of halogens is 3. The van der Waals surface area contributed by atoms with Crippen molar-refractivity contribution in [3.63, 3.8) is 0 Å². The van der Waals surface area contributed by atoms with Crippen LogP contribution in [0.15, 0.2) is 18.2 Å². The second kappa shape index (κ2) is 2.57. The van der Waals surface area contributed by atoms with Gasteiger partial charge < -0.3 is 0 Å². The number of hydrogen-bond donors (Lipinski definition) is 0. The first-order valence-electron chi connectivity index (χ1n) is 3.05. The lowest BCUT2D eigenvalue weighted by atomic mass is 10.1. The quantitative estimate of drug-likeness (QED) is 0.546. The van der Waals surface area contributed by atoms with Crippen LogP contribution in [-0.4, -0.2) is 0 Å². The number of aryl methyl sites for hydroxylation is 1. The molecule has 0 heterocycles. The first-order valence-corrected chi connectivity index (χ1v) is 3.05. The van der Waals surface area contributed by atoms with Crippen molar-refractivity contribution in [2.45, 2.75) is 13.1 Å². The first kappa shape index (κ1) is 8.11. The maximum atomic E-state index is 11.9. The van der Waals surface area contributed by atoms with Gasteiger partial charge in [-0.05, 0) is 30.7 Å². The molecular weight excluding hydrogens is 153 g/mol. The van der Waals surface area contributed by atoms with Crippen LogP contribution in [0.3, 0.4) is 0 Å². The summed E-state index contributed by atoms with van der Waals surface area (Å²) in [5, 5.41) is 0. The van der Waals surface area contributed by atoms with Crippen molar-refractivity contribution in [3.8, 4) is 0 Å². The molecule has 0 amide bonds. The van der Waals surface area contributed by atoms with Crippen LogP contribution in [0.2, 0.25) is 0 Å². The average Bonchev–Trinajstić information content (AvgIpc) is 1.86. The van der Waals surface area contributed by atoms with E-state index in [-0.39, 0.29) is 0 Å². The number of hydrogen-bond acceptors (Lipinski definition) is 0. The minimum atomic E-state index is -4.25. The van der Waals surface area contributed by atoms with Gasteiger partial charge in [-0.3, -0.25) is 0 Å². The molecule has 0 bridgehead atoms. The largest absolute Gasteiger partial charge is 0.416 e. The normalized spacial score (nSPS) is 11.6. The second-order valence-corrected chi connectivity index (χ2v) is 2.26. The molecule has 59 valence electrons. The fourth-order valence-electron chi connectivity index (χ4n) is 0.679. The van der Waals surface area contributed by atoms with Gasteiger partial charge >= 0.3 is 6.18 Å². The van der Waals surface area contributed by atoms with E-state index >= 15 is 0 Å². The summed E-state index contributed by atoms with van der Waals surface area (Å²) in [6, 6.07) is 5.88. The lowest BCUT2D eigenvalue weighted by Gasteiger charge is -2.04. The van der Waals surface area contributed by atoms with Crippen LogP contribution in [0.4, 0.5) is 13.2 Å². The van der Waals surface area contributed by atoms with Crippen molar-refractivity contribution in [1.82, 2.24) is 0 Å². The van der Waals surface area contributed by atoms with Crippen molar-refractivity contribution >= 4 is 0 Å². The smallest absolute Gasteiger partial charge is 0.166 e. The standard InChI is InChI=1S/C8H6F3/c1-6-2-4-7(5-3-6)8(9,10)11/h2,4-5H,1H3. The molecule has 1 aromatic rings. The molecule has 1 radical (unpaired) electrons. The van der Waals surface area contributed by atoms with Gasteiger partial charge in [0.2, 0.25) is 0 Å². The Labute approximate surface area is 62.7 Å². The van der Waals surface area contributed by atoms with Crippen LogP contribution in [0, 0.1) is 13.0 Å². The molecule has 0 fully saturated rings. The molecule has 0 atom stereocenters. The topological polar surface area (TPSA) is 0 Å². The van der Waals surface area contributed by atoms with E-state index in [2.05, 4.69) is 6.07 Å². The molecule has 1 rings (SSSR count). The molecule has 0 aromatic heterocycles. The van der Waals surface area contributed by atoms with Gasteiger partial charge in [0, 0.05) is 0 Å². The highest BCUT2D eigenvalue weighted by molar-refractivity contribution is 5.22. The molecule has 0 unspecified atom stereocenters. The highest BCUT2D eigenvalue weighted by Crippen LogP contribution is 2.28. The molecule has 0 spiro atoms. The summed E-state index contributed by atoms with van der Waals surface area (Å²) in [6.45, 7) is 1.69. The molecule has 1 aromatic carbocycles. The summed E-state index contributed by atoms with van der Waals surface area (Å²) in [5.74, 6) is 0. The maximum Gasteiger partial charge on any atom is 0.416 e. The summed E-state index contributed by atoms with van der Waals surface area (Å²) >= 11 is 0. The predicted molar refractivity (Wildman–Crippen MR) is 35.0 cm³/mol. The SMILES string of the molecule is Cc1[c]cc(C(F)(F)F)cc1. The van der Waals surface area contributed by atoms with Gasteiger partial charge in [0.25, 0.3) is 0 Å². The lowest BCUT2D eigenvalue weighted by Crippen LogP contribution is -2.03. The van der Waals surface area contributed by atoms with Gasteiger partial charge in [0.15, 0.2) is 0 Å². The summed E-state index contributed by atoms with van der Waals surface area (Å²) in [6.07, 6.45) is -4.25. The van der Waals surface area contributed by atoms with Crippen LogP contribution in [0.25, 0.3) is 0 Å². The molecule has 11 heavy (non-hydrogen) atoms. The molecule has 0 aliphatic carbocycles. The fourth-order valence-corrected chi connectivity index (χ4v) is 0.679. The summed E-state index contributed by atoms with van der Waals surface area (Å²) in [7, 11) is 0. The molecule has 0 saturated heterocycles. The average molecular weight is 159 g/mol. The van der Waals surface area contributed by atoms with E-state index in [1.807, 2.05) is 0 Å². The molecule has 0 saturated carbocycles. The zero-order valence-electron chi connectivity index (χ0n) is 5.87. The van der Waals surface area contributed by atoms with Crippen molar-refractivity contribution in [3.05, 3.63) is 35.4 Å². The van der Waals surface area contributed by atoms with Crippen molar-refractivity contribution < 1.29 is 13.2 Å². The van der Waals surface area contributed by atoms with Gasteiger partial charge in [0.1, 0.15) is 0 Å². The Balaban J connectivity index is 2.99. The van der Waals surface area contributed by atoms with E-state index in [0.29, 0.717) is 5.56 Å². The minimum Gasteiger partial charge on any atom is -0.166 e. The highest BCUT2D eigenvalue weighted by Gasteiger charge is 2.29. The first-order chi connectivity index (χ1) is 5.00. The number of benzene rings is 1. The third-order valence-corrected chi connectivity index (χ3v) is 1.30. The van der Waals surface area contributed by atoms with Crippen molar-refractivity contribution in [2.75, 3.05) is 0 Å². The van der Waals surface area contributed by atoms with E-state index < -0.39 is 11.7 Å². The third-order valence-electron chi connectivity index (χ3n) is 1.30. The zero-order chi connectivity index (χ0) is 8.48. The summed E-state index contributed by atoms with van der Waals surface area (Å²) < 4.78 is 35.7. The van der Waals surface area contributed by atoms with Crippen LogP contribution in [0.1, 0.15) is 11.1 Å². The molecule has 3 heteroatoms. The Morgan fingerprint density at radius 1 is 1.27 bits per heavy atom. The Bertz CT molecular complexity index is 233. The third kappa shape index (κ3) is 1.97. The molecule has 0 aliphatic heterocycles. The molecule has 0 aliphatic rings. The van der Waals surface area contributed by atoms with Crippen LogP contribution in [0.5, 0.6) is 0 Å². The Morgan fingerprint density at radius 3 is 2.27 bits per heavy atom. The van der Waals surface area contributed by atoms with Gasteiger partial charge in [-0.25, -0.2) is 0 Å². The predicted octanol–water partition coefficient (Wildman–Crippen LogP) is 2.81. The second-order valence-electron chi connectivity index (χ2n) is 2.26. The van der Waals surface area contributed by atoms with E-state index in [1.165, 1.54) is 6.07 Å². The fraction of sp³-hybridized carbons (Fsp3) is 0.250. The van der Waals surface area contributed by atoms with E-state index in [1.54, 1.807) is 6.92 Å². The molecular formula is C8H6F3. The maximum absolute atomic E-state index is 11.9. The minimum absolute atomic E-state index is 0.650. The highest BCUT2D eigenvalue weighted by atomic mass is 19.4. The van der Waals surface area contributed by atoms with Crippen LogP contribution in [-0.2, 0) is 6.18 Å². The van der Waals surface area contributed by atoms with Crippen molar-refractivity contribution in [1.29, 1.82) is 0 Å². The number of rotatable bonds is 0. The Hall–Kier alpha value is -0.990. The number of alkyl halides is 3. The molecule has 0 nitrogen and oxygen atoms in total. The van der Waals surface area contributed by atoms with Gasteiger partial charge in [-0.1, -0.05) is 6.07 Å². The summed E-state index contributed by atoms with van der Waals surface area (Å²) in [5.41, 5.74) is 0.0566. The van der Waals surface area contributed by atoms with E-state index in [4.69, 9.17) is 0 Å². The van der Waals surface area contributed by atoms with Crippen LogP contribution < -0.4 is 0 Å². The summed E-state index contributed by atoms with van der Waals surface area (Å²) in [4.78, 5) is 0. The lowest BCUT2D eigenvalue weighted by molar-refractivity contribution is -0.137. The van der Waals surface area contributed by atoms with Gasteiger partial charge in [0.05, 0.1) is 5.56 Å². The van der Waals surface area contributed by atoms with Gasteiger partial charge in [-0.2, -0.15) is 13.2 Å². The van der Waals surface area contributed by atoms with E-state index in [9.17, 15) is 13.2 Å². The van der Waals surface area contributed by atoms with Gasteiger partial charge in [-0.15, -0.1) is 0 Å².